The first kappa shape index (κ1) is 13.2. The van der Waals surface area contributed by atoms with Gasteiger partial charge in [0.25, 0.3) is 0 Å². The molecular weight excluding hydrogens is 214 g/mol. The molecule has 1 rings (SSSR count). The molecule has 0 radical (unpaired) electrons. The van der Waals surface area contributed by atoms with Gasteiger partial charge in [-0.15, -0.1) is 0 Å². The minimum absolute atomic E-state index is 0.0731. The van der Waals surface area contributed by atoms with Gasteiger partial charge in [0.1, 0.15) is 6.29 Å². The summed E-state index contributed by atoms with van der Waals surface area (Å²) >= 11 is 0. The monoisotopic (exact) mass is 231 g/mol. The Labute approximate surface area is 102 Å². The van der Waals surface area contributed by atoms with Crippen molar-refractivity contribution in [2.24, 2.45) is 5.92 Å². The molecule has 0 saturated carbocycles. The number of hydrogen-bond acceptors (Lipinski definition) is 2. The summed E-state index contributed by atoms with van der Waals surface area (Å²) in [6.45, 7) is 3.53. The average Bonchev–Trinajstić information content (AvgIpc) is 2.26. The van der Waals surface area contributed by atoms with E-state index in [9.17, 15) is 9.59 Å². The number of carbonyl (C=O) groups is 2. The van der Waals surface area contributed by atoms with Gasteiger partial charge in [-0.3, -0.25) is 9.59 Å². The van der Waals surface area contributed by atoms with Gasteiger partial charge in [-0.1, -0.05) is 25.1 Å². The summed E-state index contributed by atoms with van der Waals surface area (Å²) in [7, 11) is 0. The molecule has 0 aliphatic carbocycles. The van der Waals surface area contributed by atoms with Crippen LogP contribution in [0.2, 0.25) is 0 Å². The van der Waals surface area contributed by atoms with Gasteiger partial charge in [0, 0.05) is 12.6 Å². The van der Waals surface area contributed by atoms with Crippen molar-refractivity contribution in [2.45, 2.75) is 20.3 Å². The zero-order chi connectivity index (χ0) is 12.7. The summed E-state index contributed by atoms with van der Waals surface area (Å²) in [5.74, 6) is 0.226. The molecule has 3 heteroatoms. The number of rotatable bonds is 5. The zero-order valence-electron chi connectivity index (χ0n) is 10.1. The van der Waals surface area contributed by atoms with Crippen LogP contribution in [-0.2, 0) is 16.0 Å². The molecule has 0 aromatic heterocycles. The predicted molar refractivity (Wildman–Crippen MR) is 68.8 cm³/mol. The quantitative estimate of drug-likeness (QED) is 0.625. The maximum absolute atomic E-state index is 10.9. The van der Waals surface area contributed by atoms with Crippen LogP contribution in [0.15, 0.2) is 36.4 Å². The highest BCUT2D eigenvalue weighted by atomic mass is 16.1. The first-order valence-electron chi connectivity index (χ1n) is 5.60. The van der Waals surface area contributed by atoms with E-state index in [0.29, 0.717) is 5.92 Å². The van der Waals surface area contributed by atoms with Crippen molar-refractivity contribution in [3.8, 4) is 0 Å². The Morgan fingerprint density at radius 3 is 2.88 bits per heavy atom. The molecule has 0 spiro atoms. The molecule has 0 fully saturated rings. The summed E-state index contributed by atoms with van der Waals surface area (Å²) in [4.78, 5) is 21.1. The minimum atomic E-state index is -0.0731. The van der Waals surface area contributed by atoms with E-state index < -0.39 is 0 Å². The van der Waals surface area contributed by atoms with E-state index in [1.807, 2.05) is 37.3 Å². The molecule has 3 nitrogen and oxygen atoms in total. The molecule has 17 heavy (non-hydrogen) atoms. The average molecular weight is 231 g/mol. The van der Waals surface area contributed by atoms with E-state index in [1.54, 1.807) is 0 Å². The van der Waals surface area contributed by atoms with Crippen LogP contribution >= 0.6 is 0 Å². The van der Waals surface area contributed by atoms with E-state index in [0.717, 1.165) is 24.0 Å². The van der Waals surface area contributed by atoms with Crippen LogP contribution in [0.25, 0.3) is 0 Å². The van der Waals surface area contributed by atoms with Crippen molar-refractivity contribution in [3.63, 3.8) is 0 Å². The number of benzene rings is 1. The van der Waals surface area contributed by atoms with Crippen molar-refractivity contribution >= 4 is 17.9 Å². The lowest BCUT2D eigenvalue weighted by atomic mass is 10.0. The third-order valence-electron chi connectivity index (χ3n) is 2.32. The number of allylic oxidation sites excluding steroid dienone is 2. The fourth-order valence-electron chi connectivity index (χ4n) is 1.65. The lowest BCUT2D eigenvalue weighted by Crippen LogP contribution is -2.06. The maximum atomic E-state index is 10.9. The molecule has 1 atom stereocenters. The molecule has 1 aromatic carbocycles. The van der Waals surface area contributed by atoms with Gasteiger partial charge in [-0.25, -0.2) is 0 Å². The number of carbonyl (C=O) groups excluding carboxylic acids is 2. The van der Waals surface area contributed by atoms with E-state index in [2.05, 4.69) is 5.32 Å². The summed E-state index contributed by atoms with van der Waals surface area (Å²) in [6.07, 6.45) is 5.02. The largest absolute Gasteiger partial charge is 0.326 e. The minimum Gasteiger partial charge on any atom is -0.326 e. The Hall–Kier alpha value is -1.90. The first-order chi connectivity index (χ1) is 8.11. The molecule has 1 N–H and O–H groups in total. The molecule has 0 aliphatic rings. The molecule has 1 unspecified atom stereocenters. The highest BCUT2D eigenvalue weighted by molar-refractivity contribution is 5.88. The molecule has 90 valence electrons. The third kappa shape index (κ3) is 5.11. The lowest BCUT2D eigenvalue weighted by Gasteiger charge is -2.08. The molecule has 0 bridgehead atoms. The Balaban J connectivity index is 2.68. The molecule has 1 aromatic rings. The van der Waals surface area contributed by atoms with Gasteiger partial charge < -0.3 is 5.32 Å². The standard InChI is InChI=1S/C14H17NO2/c1-11(5-4-8-16)9-13-6-3-7-14(10-13)15-12(2)17/h3-8,10-11H,9H2,1-2H3,(H,15,17)/b5-4+. The van der Waals surface area contributed by atoms with Crippen LogP contribution in [0.4, 0.5) is 5.69 Å². The van der Waals surface area contributed by atoms with Crippen LogP contribution in [0.1, 0.15) is 19.4 Å². The van der Waals surface area contributed by atoms with Crippen LogP contribution in [-0.4, -0.2) is 12.2 Å². The topological polar surface area (TPSA) is 46.2 Å². The van der Waals surface area contributed by atoms with Crippen molar-refractivity contribution in [1.82, 2.24) is 0 Å². The number of anilines is 1. The second-order valence-electron chi connectivity index (χ2n) is 4.08. The molecular formula is C14H17NO2. The normalized spacial score (nSPS) is 12.4. The maximum Gasteiger partial charge on any atom is 0.221 e. The number of hydrogen-bond donors (Lipinski definition) is 1. The van der Waals surface area contributed by atoms with Crippen molar-refractivity contribution in [3.05, 3.63) is 42.0 Å². The second-order valence-corrected chi connectivity index (χ2v) is 4.08. The Kier molecular flexibility index (Phi) is 5.14. The van der Waals surface area contributed by atoms with Crippen molar-refractivity contribution in [1.29, 1.82) is 0 Å². The molecule has 1 amide bonds. The SMILES string of the molecule is CC(=O)Nc1cccc(CC(C)/C=C/C=O)c1. The van der Waals surface area contributed by atoms with Gasteiger partial charge in [0.2, 0.25) is 5.91 Å². The second kappa shape index (κ2) is 6.63. The lowest BCUT2D eigenvalue weighted by molar-refractivity contribution is -0.114. The highest BCUT2D eigenvalue weighted by Crippen LogP contribution is 2.15. The van der Waals surface area contributed by atoms with Gasteiger partial charge in [0.05, 0.1) is 0 Å². The Bertz CT molecular complexity index is 424. The van der Waals surface area contributed by atoms with Crippen LogP contribution < -0.4 is 5.32 Å². The van der Waals surface area contributed by atoms with Gasteiger partial charge in [-0.05, 0) is 36.1 Å². The van der Waals surface area contributed by atoms with Crippen LogP contribution in [0.3, 0.4) is 0 Å². The predicted octanol–water partition coefficient (Wildman–Crippen LogP) is 2.58. The van der Waals surface area contributed by atoms with Gasteiger partial charge in [-0.2, -0.15) is 0 Å². The van der Waals surface area contributed by atoms with Crippen molar-refractivity contribution in [2.75, 3.05) is 5.32 Å². The number of nitrogens with one attached hydrogen (secondary N) is 1. The van der Waals surface area contributed by atoms with Gasteiger partial charge >= 0.3 is 0 Å². The van der Waals surface area contributed by atoms with E-state index in [-0.39, 0.29) is 5.91 Å². The van der Waals surface area contributed by atoms with Crippen molar-refractivity contribution < 1.29 is 9.59 Å². The fourth-order valence-corrected chi connectivity index (χ4v) is 1.65. The fraction of sp³-hybridized carbons (Fsp3) is 0.286. The molecule has 0 saturated heterocycles. The third-order valence-corrected chi connectivity index (χ3v) is 2.32. The molecule has 0 heterocycles. The summed E-state index contributed by atoms with van der Waals surface area (Å²) < 4.78 is 0. The smallest absolute Gasteiger partial charge is 0.221 e. The van der Waals surface area contributed by atoms with E-state index >= 15 is 0 Å². The summed E-state index contributed by atoms with van der Waals surface area (Å²) in [5.41, 5.74) is 1.95. The molecule has 0 aliphatic heterocycles. The Morgan fingerprint density at radius 1 is 1.47 bits per heavy atom. The zero-order valence-corrected chi connectivity index (χ0v) is 10.1. The van der Waals surface area contributed by atoms with E-state index in [4.69, 9.17) is 0 Å². The summed E-state index contributed by atoms with van der Waals surface area (Å²) in [5, 5.41) is 2.75. The summed E-state index contributed by atoms with van der Waals surface area (Å²) in [6, 6.07) is 7.73. The highest BCUT2D eigenvalue weighted by Gasteiger charge is 2.01. The number of aldehydes is 1. The van der Waals surface area contributed by atoms with E-state index in [1.165, 1.54) is 13.0 Å². The number of amides is 1. The van der Waals surface area contributed by atoms with Crippen LogP contribution in [0, 0.1) is 5.92 Å². The van der Waals surface area contributed by atoms with Crippen LogP contribution in [0.5, 0.6) is 0 Å². The van der Waals surface area contributed by atoms with Gasteiger partial charge in [0.15, 0.2) is 0 Å². The Morgan fingerprint density at radius 2 is 2.24 bits per heavy atom. The first-order valence-corrected chi connectivity index (χ1v) is 5.60.